The van der Waals surface area contributed by atoms with E-state index in [0.29, 0.717) is 22.3 Å². The number of anilines is 1. The molecule has 1 amide bonds. The Hall–Kier alpha value is -3.19. The molecule has 0 unspecified atom stereocenters. The topological polar surface area (TPSA) is 73.0 Å². The summed E-state index contributed by atoms with van der Waals surface area (Å²) in [7, 11) is 0. The number of carbonyl (C=O) groups excluding carboxylic acids is 1. The van der Waals surface area contributed by atoms with Gasteiger partial charge in [-0.25, -0.2) is 4.98 Å². The summed E-state index contributed by atoms with van der Waals surface area (Å²) in [5.74, 6) is 1.10. The Bertz CT molecular complexity index is 1060. The van der Waals surface area contributed by atoms with Crippen LogP contribution in [0.3, 0.4) is 0 Å². The van der Waals surface area contributed by atoms with E-state index in [0.717, 1.165) is 17.0 Å². The first-order chi connectivity index (χ1) is 12.6. The van der Waals surface area contributed by atoms with Gasteiger partial charge in [-0.3, -0.25) is 4.79 Å². The fourth-order valence-corrected chi connectivity index (χ4v) is 3.42. The standard InChI is InChI=1S/C19H16N4O2S/c1-12-6-3-4-7-14(12)18(24)21-17-10-13(2)22-23(17)19-20-15(11-26-19)16-8-5-9-25-16/h3-11H,1-2H3,(H,21,24). The third kappa shape index (κ3) is 3.04. The molecule has 0 radical (unpaired) electrons. The van der Waals surface area contributed by atoms with Crippen molar-refractivity contribution in [1.82, 2.24) is 14.8 Å². The van der Waals surface area contributed by atoms with Gasteiger partial charge in [-0.15, -0.1) is 11.3 Å². The summed E-state index contributed by atoms with van der Waals surface area (Å²) >= 11 is 1.43. The maximum absolute atomic E-state index is 12.6. The van der Waals surface area contributed by atoms with Crippen LogP contribution in [0.15, 0.2) is 58.5 Å². The number of nitrogens with zero attached hydrogens (tertiary/aromatic N) is 3. The van der Waals surface area contributed by atoms with Gasteiger partial charge < -0.3 is 9.73 Å². The molecule has 0 aliphatic rings. The van der Waals surface area contributed by atoms with E-state index in [2.05, 4.69) is 15.4 Å². The smallest absolute Gasteiger partial charge is 0.257 e. The van der Waals surface area contributed by atoms with Gasteiger partial charge in [-0.1, -0.05) is 18.2 Å². The Morgan fingerprint density at radius 2 is 2.04 bits per heavy atom. The molecule has 1 N–H and O–H groups in total. The summed E-state index contributed by atoms with van der Waals surface area (Å²) in [5, 5.41) is 9.96. The number of aromatic nitrogens is 3. The Labute approximate surface area is 154 Å². The molecular weight excluding hydrogens is 348 g/mol. The number of aryl methyl sites for hydroxylation is 2. The van der Waals surface area contributed by atoms with E-state index in [1.54, 1.807) is 17.0 Å². The molecule has 1 aromatic carbocycles. The normalized spacial score (nSPS) is 10.8. The lowest BCUT2D eigenvalue weighted by molar-refractivity contribution is 0.102. The van der Waals surface area contributed by atoms with Crippen LogP contribution in [0, 0.1) is 13.8 Å². The van der Waals surface area contributed by atoms with E-state index < -0.39 is 0 Å². The molecule has 26 heavy (non-hydrogen) atoms. The summed E-state index contributed by atoms with van der Waals surface area (Å²) in [4.78, 5) is 17.2. The minimum absolute atomic E-state index is 0.174. The van der Waals surface area contributed by atoms with E-state index >= 15 is 0 Å². The lowest BCUT2D eigenvalue weighted by Crippen LogP contribution is -2.16. The van der Waals surface area contributed by atoms with Crippen LogP contribution in [-0.4, -0.2) is 20.7 Å². The number of thiazole rings is 1. The fourth-order valence-electron chi connectivity index (χ4n) is 2.64. The van der Waals surface area contributed by atoms with Crippen molar-refractivity contribution in [1.29, 1.82) is 0 Å². The molecule has 4 rings (SSSR count). The molecule has 0 atom stereocenters. The van der Waals surface area contributed by atoms with Gasteiger partial charge in [-0.05, 0) is 37.6 Å². The van der Waals surface area contributed by atoms with Crippen molar-refractivity contribution in [3.63, 3.8) is 0 Å². The van der Waals surface area contributed by atoms with Crippen molar-refractivity contribution in [2.45, 2.75) is 13.8 Å². The zero-order valence-electron chi connectivity index (χ0n) is 14.3. The molecule has 0 saturated carbocycles. The Kier molecular flexibility index (Phi) is 4.14. The summed E-state index contributed by atoms with van der Waals surface area (Å²) in [5.41, 5.74) is 3.08. The van der Waals surface area contributed by atoms with Gasteiger partial charge in [0.25, 0.3) is 5.91 Å². The van der Waals surface area contributed by atoms with Crippen LogP contribution in [0.1, 0.15) is 21.6 Å². The first kappa shape index (κ1) is 16.3. The van der Waals surface area contributed by atoms with E-state index in [4.69, 9.17) is 4.42 Å². The summed E-state index contributed by atoms with van der Waals surface area (Å²) < 4.78 is 7.03. The van der Waals surface area contributed by atoms with Crippen molar-refractivity contribution in [2.24, 2.45) is 0 Å². The monoisotopic (exact) mass is 364 g/mol. The molecular formula is C19H16N4O2S. The quantitative estimate of drug-likeness (QED) is 0.580. The number of hydrogen-bond donors (Lipinski definition) is 1. The minimum Gasteiger partial charge on any atom is -0.463 e. The largest absolute Gasteiger partial charge is 0.463 e. The molecule has 0 aliphatic heterocycles. The van der Waals surface area contributed by atoms with Crippen LogP contribution < -0.4 is 5.32 Å². The molecule has 0 saturated heterocycles. The number of rotatable bonds is 4. The molecule has 130 valence electrons. The van der Waals surface area contributed by atoms with Crippen LogP contribution >= 0.6 is 11.3 Å². The van der Waals surface area contributed by atoms with Gasteiger partial charge in [0.05, 0.1) is 12.0 Å². The summed E-state index contributed by atoms with van der Waals surface area (Å²) in [6.07, 6.45) is 1.61. The Balaban J connectivity index is 1.65. The third-order valence-electron chi connectivity index (χ3n) is 3.91. The molecule has 3 heterocycles. The van der Waals surface area contributed by atoms with Gasteiger partial charge in [0.2, 0.25) is 5.13 Å². The van der Waals surface area contributed by atoms with Gasteiger partial charge in [0.1, 0.15) is 11.5 Å². The highest BCUT2D eigenvalue weighted by Crippen LogP contribution is 2.26. The molecule has 0 spiro atoms. The van der Waals surface area contributed by atoms with Crippen LogP contribution in [0.4, 0.5) is 5.82 Å². The predicted octanol–water partition coefficient (Wildman–Crippen LogP) is 4.46. The lowest BCUT2D eigenvalue weighted by Gasteiger charge is -2.08. The van der Waals surface area contributed by atoms with Crippen LogP contribution in [0.25, 0.3) is 16.6 Å². The molecule has 0 bridgehead atoms. The predicted molar refractivity (Wildman–Crippen MR) is 101 cm³/mol. The zero-order valence-corrected chi connectivity index (χ0v) is 15.1. The van der Waals surface area contributed by atoms with Crippen molar-refractivity contribution in [3.8, 4) is 16.6 Å². The van der Waals surface area contributed by atoms with Crippen molar-refractivity contribution in [2.75, 3.05) is 5.32 Å². The number of nitrogens with one attached hydrogen (secondary N) is 1. The molecule has 7 heteroatoms. The van der Waals surface area contributed by atoms with Gasteiger partial charge in [-0.2, -0.15) is 9.78 Å². The average molecular weight is 364 g/mol. The zero-order chi connectivity index (χ0) is 18.1. The first-order valence-corrected chi connectivity index (χ1v) is 8.93. The van der Waals surface area contributed by atoms with Crippen molar-refractivity contribution in [3.05, 3.63) is 70.9 Å². The third-order valence-corrected chi connectivity index (χ3v) is 4.73. The average Bonchev–Trinajstić information content (AvgIpc) is 3.35. The Morgan fingerprint density at radius 1 is 1.19 bits per heavy atom. The van der Waals surface area contributed by atoms with Gasteiger partial charge in [0, 0.05) is 17.0 Å². The van der Waals surface area contributed by atoms with Crippen molar-refractivity contribution >= 4 is 23.1 Å². The maximum Gasteiger partial charge on any atom is 0.257 e. The first-order valence-electron chi connectivity index (χ1n) is 8.05. The van der Waals surface area contributed by atoms with Crippen LogP contribution in [0.2, 0.25) is 0 Å². The summed E-state index contributed by atoms with van der Waals surface area (Å²) in [6, 6.07) is 13.0. The summed E-state index contributed by atoms with van der Waals surface area (Å²) in [6.45, 7) is 3.79. The van der Waals surface area contributed by atoms with Gasteiger partial charge in [0.15, 0.2) is 5.76 Å². The van der Waals surface area contributed by atoms with E-state index in [-0.39, 0.29) is 5.91 Å². The van der Waals surface area contributed by atoms with Crippen LogP contribution in [0.5, 0.6) is 0 Å². The minimum atomic E-state index is -0.174. The number of hydrogen-bond acceptors (Lipinski definition) is 5. The lowest BCUT2D eigenvalue weighted by atomic mass is 10.1. The Morgan fingerprint density at radius 3 is 2.81 bits per heavy atom. The van der Waals surface area contributed by atoms with E-state index in [9.17, 15) is 4.79 Å². The molecule has 4 aromatic rings. The second-order valence-electron chi connectivity index (χ2n) is 5.84. The van der Waals surface area contributed by atoms with Crippen molar-refractivity contribution < 1.29 is 9.21 Å². The van der Waals surface area contributed by atoms with Crippen LogP contribution in [-0.2, 0) is 0 Å². The fraction of sp³-hybridized carbons (Fsp3) is 0.105. The number of furan rings is 1. The molecule has 3 aromatic heterocycles. The SMILES string of the molecule is Cc1cc(NC(=O)c2ccccc2C)n(-c2nc(-c3ccco3)cs2)n1. The maximum atomic E-state index is 12.6. The van der Waals surface area contributed by atoms with Gasteiger partial charge >= 0.3 is 0 Å². The molecule has 6 nitrogen and oxygen atoms in total. The number of carbonyl (C=O) groups is 1. The second-order valence-corrected chi connectivity index (χ2v) is 6.68. The molecule has 0 aliphatic carbocycles. The highest BCUT2D eigenvalue weighted by atomic mass is 32.1. The van der Waals surface area contributed by atoms with E-state index in [1.807, 2.05) is 55.6 Å². The molecule has 0 fully saturated rings. The highest BCUT2D eigenvalue weighted by Gasteiger charge is 2.16. The number of benzene rings is 1. The highest BCUT2D eigenvalue weighted by molar-refractivity contribution is 7.12. The second kappa shape index (κ2) is 6.61. The number of amides is 1. The van der Waals surface area contributed by atoms with E-state index in [1.165, 1.54) is 11.3 Å².